The number of fused-ring (bicyclic) bond motifs is 1. The van der Waals surface area contributed by atoms with Gasteiger partial charge in [-0.1, -0.05) is 18.5 Å². The van der Waals surface area contributed by atoms with E-state index in [1.54, 1.807) is 22.9 Å². The first-order chi connectivity index (χ1) is 22.8. The summed E-state index contributed by atoms with van der Waals surface area (Å²) in [5.41, 5.74) is 6.72. The number of imidazole rings is 1. The number of nitrogens with two attached hydrogens (primary N) is 1. The number of hydrogen-bond acceptors (Lipinski definition) is 11. The smallest absolute Gasteiger partial charge is 0.331 e. The van der Waals surface area contributed by atoms with Crippen molar-refractivity contribution in [2.75, 3.05) is 30.4 Å². The van der Waals surface area contributed by atoms with Gasteiger partial charge >= 0.3 is 6.03 Å². The van der Waals surface area contributed by atoms with Crippen molar-refractivity contribution in [1.29, 1.82) is 0 Å². The van der Waals surface area contributed by atoms with Crippen LogP contribution in [0.2, 0.25) is 5.15 Å². The molecule has 16 heteroatoms. The van der Waals surface area contributed by atoms with Gasteiger partial charge in [0.25, 0.3) is 0 Å². The topological polar surface area (TPSA) is 205 Å². The zero-order valence-electron chi connectivity index (χ0n) is 26.6. The van der Waals surface area contributed by atoms with E-state index in [9.17, 15) is 24.6 Å². The summed E-state index contributed by atoms with van der Waals surface area (Å²) in [6, 6.07) is 4.58. The average Bonchev–Trinajstić information content (AvgIpc) is 3.92. The molecule has 0 bridgehead atoms. The van der Waals surface area contributed by atoms with E-state index >= 15 is 0 Å². The van der Waals surface area contributed by atoms with E-state index in [1.807, 2.05) is 26.1 Å². The number of carbonyl (C=O) groups is 3. The standard InChI is InChI=1S/C32H35ClN10O5/c1-16-4-5-35-26(36-16)19-7-20(19)28(46)39-24-8-23(33)38-29(40-24)32(48,15-44)14-31(2)9-21(31)17-6-22(43-13-25(45)41(3)30(43)47)27-37-18(10-34)12-42(27)11-17/h4-6,8,11-12,19-21,44,48H,7,9-10,13-15,34H2,1-3H3,(H,38,39,40,46)/t19-,20-,21?,31?,32?/m0/s1. The van der Waals surface area contributed by atoms with E-state index in [4.69, 9.17) is 17.3 Å². The number of nitrogens with zero attached hydrogens (tertiary/aromatic N) is 8. The molecule has 1 aliphatic heterocycles. The van der Waals surface area contributed by atoms with Gasteiger partial charge in [-0.3, -0.25) is 19.4 Å². The highest BCUT2D eigenvalue weighted by atomic mass is 35.5. The Morgan fingerprint density at radius 2 is 2.00 bits per heavy atom. The Morgan fingerprint density at radius 3 is 2.69 bits per heavy atom. The number of nitrogens with one attached hydrogen (secondary N) is 1. The van der Waals surface area contributed by atoms with Crippen molar-refractivity contribution in [3.05, 3.63) is 70.5 Å². The Kier molecular flexibility index (Phi) is 7.70. The van der Waals surface area contributed by atoms with Gasteiger partial charge in [-0.25, -0.2) is 29.7 Å². The van der Waals surface area contributed by atoms with Gasteiger partial charge in [0, 0.05) is 55.8 Å². The van der Waals surface area contributed by atoms with E-state index in [0.717, 1.165) is 16.2 Å². The second-order valence-electron chi connectivity index (χ2n) is 13.3. The van der Waals surface area contributed by atoms with Gasteiger partial charge in [0.1, 0.15) is 28.9 Å². The number of hydrogen-bond donors (Lipinski definition) is 4. The molecule has 250 valence electrons. The van der Waals surface area contributed by atoms with Crippen LogP contribution in [0.4, 0.5) is 16.3 Å². The molecule has 0 spiro atoms. The first-order valence-corrected chi connectivity index (χ1v) is 16.0. The highest BCUT2D eigenvalue weighted by Gasteiger charge is 2.56. The van der Waals surface area contributed by atoms with Crippen LogP contribution in [0.15, 0.2) is 36.8 Å². The molecular formula is C32H35ClN10O5. The lowest BCUT2D eigenvalue weighted by atomic mass is 9.86. The largest absolute Gasteiger partial charge is 0.393 e. The van der Waals surface area contributed by atoms with Crippen LogP contribution in [-0.4, -0.2) is 82.5 Å². The molecule has 4 aromatic rings. The van der Waals surface area contributed by atoms with Gasteiger partial charge in [-0.15, -0.1) is 0 Å². The lowest BCUT2D eigenvalue weighted by Crippen LogP contribution is -2.36. The molecule has 3 unspecified atom stereocenters. The number of anilines is 2. The zero-order chi connectivity index (χ0) is 34.1. The van der Waals surface area contributed by atoms with Crippen LogP contribution in [0.3, 0.4) is 0 Å². The van der Waals surface area contributed by atoms with Crippen LogP contribution in [0.25, 0.3) is 5.65 Å². The number of rotatable bonds is 10. The maximum absolute atomic E-state index is 13.1. The van der Waals surface area contributed by atoms with Crippen LogP contribution < -0.4 is 16.0 Å². The van der Waals surface area contributed by atoms with Crippen molar-refractivity contribution in [1.82, 2.24) is 34.2 Å². The number of aryl methyl sites for hydroxylation is 1. The number of urea groups is 1. The Balaban J connectivity index is 1.12. The van der Waals surface area contributed by atoms with E-state index in [1.165, 1.54) is 18.0 Å². The lowest BCUT2D eigenvalue weighted by molar-refractivity contribution is -0.124. The fourth-order valence-electron chi connectivity index (χ4n) is 6.75. The number of likely N-dealkylation sites (N-methyl/N-ethyl adjacent to an activating group) is 1. The number of amides is 4. The minimum absolute atomic E-state index is 0.00487. The Bertz CT molecular complexity index is 1990. The summed E-state index contributed by atoms with van der Waals surface area (Å²) < 4.78 is 1.80. The highest BCUT2D eigenvalue weighted by molar-refractivity contribution is 6.29. The normalized spacial score (nSPS) is 24.7. The molecule has 3 aliphatic rings. The molecule has 1 saturated heterocycles. The minimum Gasteiger partial charge on any atom is -0.393 e. The van der Waals surface area contributed by atoms with Gasteiger partial charge in [0.2, 0.25) is 11.8 Å². The zero-order valence-corrected chi connectivity index (χ0v) is 27.3. The lowest BCUT2D eigenvalue weighted by Gasteiger charge is -2.28. The Morgan fingerprint density at radius 1 is 1.21 bits per heavy atom. The molecule has 7 rings (SSSR count). The Labute approximate surface area is 280 Å². The molecule has 4 aromatic heterocycles. The third kappa shape index (κ3) is 5.66. The molecule has 15 nitrogen and oxygen atoms in total. The number of aromatic nitrogens is 6. The summed E-state index contributed by atoms with van der Waals surface area (Å²) in [6.07, 6.45) is 6.66. The van der Waals surface area contributed by atoms with Crippen molar-refractivity contribution in [3.63, 3.8) is 0 Å². The van der Waals surface area contributed by atoms with Crippen LogP contribution >= 0.6 is 11.6 Å². The summed E-state index contributed by atoms with van der Waals surface area (Å²) in [6.45, 7) is 3.23. The van der Waals surface area contributed by atoms with E-state index in [-0.39, 0.29) is 65.9 Å². The average molecular weight is 675 g/mol. The summed E-state index contributed by atoms with van der Waals surface area (Å²) in [5, 5.41) is 25.1. The molecule has 2 aliphatic carbocycles. The van der Waals surface area contributed by atoms with Crippen LogP contribution in [0, 0.1) is 18.3 Å². The van der Waals surface area contributed by atoms with E-state index < -0.39 is 23.7 Å². The predicted octanol–water partition coefficient (Wildman–Crippen LogP) is 2.24. The highest BCUT2D eigenvalue weighted by Crippen LogP contribution is 2.64. The first kappa shape index (κ1) is 32.0. The quantitative estimate of drug-likeness (QED) is 0.142. The number of halogens is 1. The van der Waals surface area contributed by atoms with Crippen molar-refractivity contribution >= 4 is 46.6 Å². The Hall–Kier alpha value is -4.57. The molecule has 3 fully saturated rings. The SMILES string of the molecule is Cc1ccnc([C@H]2C[C@@H]2C(=O)Nc2cc(Cl)nc(C(O)(CO)CC3(C)CC3c3cc(N4CC(=O)N(C)C4=O)c4nc(CN)cn4c3)n2)n1. The number of aliphatic hydroxyl groups excluding tert-OH is 1. The van der Waals surface area contributed by atoms with Crippen molar-refractivity contribution in [3.8, 4) is 0 Å². The van der Waals surface area contributed by atoms with Crippen molar-refractivity contribution < 1.29 is 24.6 Å². The van der Waals surface area contributed by atoms with Crippen molar-refractivity contribution in [2.24, 2.45) is 17.1 Å². The molecule has 4 amide bonds. The van der Waals surface area contributed by atoms with Crippen molar-refractivity contribution in [2.45, 2.75) is 57.1 Å². The number of aliphatic hydroxyl groups is 2. The fourth-order valence-corrected chi connectivity index (χ4v) is 6.93. The van der Waals surface area contributed by atoms with Gasteiger partial charge in [0.05, 0.1) is 18.0 Å². The molecular weight excluding hydrogens is 640 g/mol. The molecule has 0 aromatic carbocycles. The van der Waals surface area contributed by atoms with Crippen LogP contribution in [-0.2, 0) is 21.7 Å². The molecule has 48 heavy (non-hydrogen) atoms. The minimum atomic E-state index is -1.89. The van der Waals surface area contributed by atoms with E-state index in [0.29, 0.717) is 35.7 Å². The molecule has 5 N–H and O–H groups in total. The number of pyridine rings is 1. The number of carbonyl (C=O) groups excluding carboxylic acids is 3. The fraction of sp³-hybridized carbons (Fsp3) is 0.438. The summed E-state index contributed by atoms with van der Waals surface area (Å²) in [7, 11) is 1.44. The molecule has 5 atom stereocenters. The van der Waals surface area contributed by atoms with Gasteiger partial charge in [-0.05, 0) is 55.2 Å². The third-order valence-corrected chi connectivity index (χ3v) is 9.83. The third-order valence-electron chi connectivity index (χ3n) is 9.63. The second kappa shape index (κ2) is 11.5. The van der Waals surface area contributed by atoms with Crippen LogP contribution in [0.5, 0.6) is 0 Å². The maximum Gasteiger partial charge on any atom is 0.331 e. The van der Waals surface area contributed by atoms with E-state index in [2.05, 4.69) is 30.2 Å². The summed E-state index contributed by atoms with van der Waals surface area (Å²) >= 11 is 6.33. The monoisotopic (exact) mass is 674 g/mol. The van der Waals surface area contributed by atoms with Gasteiger partial charge in [0.15, 0.2) is 11.5 Å². The second-order valence-corrected chi connectivity index (χ2v) is 13.7. The molecule has 0 radical (unpaired) electrons. The molecule has 5 heterocycles. The summed E-state index contributed by atoms with van der Waals surface area (Å²) in [5.74, 6) is -0.523. The maximum atomic E-state index is 13.1. The van der Waals surface area contributed by atoms with Crippen LogP contribution in [0.1, 0.15) is 66.6 Å². The first-order valence-electron chi connectivity index (χ1n) is 15.6. The molecule has 2 saturated carbocycles. The van der Waals surface area contributed by atoms with Gasteiger partial charge < -0.3 is 25.7 Å². The summed E-state index contributed by atoms with van der Waals surface area (Å²) in [4.78, 5) is 62.8. The van der Waals surface area contributed by atoms with Gasteiger partial charge in [-0.2, -0.15) is 0 Å². The number of imide groups is 1. The predicted molar refractivity (Wildman–Crippen MR) is 173 cm³/mol.